The molecule has 0 saturated carbocycles. The van der Waals surface area contributed by atoms with Crippen molar-refractivity contribution < 1.29 is 10.2 Å². The van der Waals surface area contributed by atoms with Crippen molar-refractivity contribution in [2.45, 2.75) is 26.9 Å². The van der Waals surface area contributed by atoms with E-state index in [1.54, 1.807) is 7.05 Å². The number of aliphatic hydroxyl groups excluding tert-OH is 1. The van der Waals surface area contributed by atoms with Gasteiger partial charge in [-0.2, -0.15) is 0 Å². The van der Waals surface area contributed by atoms with Gasteiger partial charge in [0.15, 0.2) is 0 Å². The molecule has 0 spiro atoms. The molecule has 0 amide bonds. The monoisotopic (exact) mass is 287 g/mol. The predicted molar refractivity (Wildman–Crippen MR) is 68.9 cm³/mol. The Morgan fingerprint density at radius 2 is 1.75 bits per heavy atom. The van der Waals surface area contributed by atoms with Gasteiger partial charge in [-0.05, 0) is 44.5 Å². The Kier molecular flexibility index (Phi) is 4.35. The van der Waals surface area contributed by atoms with Crippen LogP contribution in [0.2, 0.25) is 0 Å². The van der Waals surface area contributed by atoms with Crippen LogP contribution in [-0.2, 0) is 0 Å². The number of phenolic OH excluding ortho intramolecular Hbond substituents is 1. The minimum atomic E-state index is -0.694. The molecule has 0 fully saturated rings. The summed E-state index contributed by atoms with van der Waals surface area (Å²) in [6, 6.07) is 0. The van der Waals surface area contributed by atoms with E-state index in [9.17, 15) is 10.2 Å². The third-order valence-electron chi connectivity index (χ3n) is 2.97. The molecule has 1 atom stereocenters. The molecule has 1 aromatic rings. The van der Waals surface area contributed by atoms with Gasteiger partial charge >= 0.3 is 0 Å². The van der Waals surface area contributed by atoms with Crippen LogP contribution in [0.15, 0.2) is 4.47 Å². The van der Waals surface area contributed by atoms with Crippen molar-refractivity contribution in [2.24, 2.45) is 0 Å². The van der Waals surface area contributed by atoms with Crippen molar-refractivity contribution in [3.8, 4) is 5.75 Å². The van der Waals surface area contributed by atoms with Gasteiger partial charge in [-0.15, -0.1) is 0 Å². The van der Waals surface area contributed by atoms with E-state index in [0.717, 1.165) is 21.2 Å². The lowest BCUT2D eigenvalue weighted by molar-refractivity contribution is 0.173. The van der Waals surface area contributed by atoms with E-state index in [-0.39, 0.29) is 5.75 Å². The van der Waals surface area contributed by atoms with E-state index < -0.39 is 6.10 Å². The van der Waals surface area contributed by atoms with Crippen molar-refractivity contribution in [1.82, 2.24) is 5.32 Å². The van der Waals surface area contributed by atoms with Gasteiger partial charge in [0.1, 0.15) is 5.75 Å². The summed E-state index contributed by atoms with van der Waals surface area (Å²) in [5, 5.41) is 22.9. The van der Waals surface area contributed by atoms with Gasteiger partial charge in [-0.1, -0.05) is 15.9 Å². The van der Waals surface area contributed by atoms with Crippen LogP contribution < -0.4 is 5.32 Å². The van der Waals surface area contributed by atoms with Crippen molar-refractivity contribution in [3.05, 3.63) is 26.7 Å². The highest BCUT2D eigenvalue weighted by molar-refractivity contribution is 9.10. The summed E-state index contributed by atoms with van der Waals surface area (Å²) in [5.41, 5.74) is 3.31. The molecule has 90 valence electrons. The highest BCUT2D eigenvalue weighted by atomic mass is 79.9. The Balaban J connectivity index is 3.39. The fourth-order valence-corrected chi connectivity index (χ4v) is 2.34. The largest absolute Gasteiger partial charge is 0.507 e. The molecule has 0 saturated heterocycles. The number of aromatic hydroxyl groups is 1. The Labute approximate surface area is 105 Å². The van der Waals surface area contributed by atoms with E-state index in [4.69, 9.17) is 0 Å². The zero-order valence-electron chi connectivity index (χ0n) is 10.1. The van der Waals surface area contributed by atoms with Crippen LogP contribution in [0.25, 0.3) is 0 Å². The predicted octanol–water partition coefficient (Wildman–Crippen LogP) is 2.33. The minimum Gasteiger partial charge on any atom is -0.507 e. The van der Waals surface area contributed by atoms with Crippen LogP contribution in [0, 0.1) is 20.8 Å². The minimum absolute atomic E-state index is 0.195. The van der Waals surface area contributed by atoms with E-state index in [1.165, 1.54) is 0 Å². The molecule has 1 rings (SSSR count). The molecule has 0 bridgehead atoms. The molecule has 0 aliphatic heterocycles. The topological polar surface area (TPSA) is 52.5 Å². The summed E-state index contributed by atoms with van der Waals surface area (Å²) in [5.74, 6) is 0.195. The lowest BCUT2D eigenvalue weighted by Crippen LogP contribution is -2.18. The standard InChI is InChI=1S/C12H18BrNO2/c1-6-7(2)12(16)10(8(3)11(6)13)9(15)5-14-4/h9,14-16H,5H2,1-4H3. The highest BCUT2D eigenvalue weighted by Crippen LogP contribution is 2.38. The second-order valence-electron chi connectivity index (χ2n) is 4.02. The smallest absolute Gasteiger partial charge is 0.124 e. The van der Waals surface area contributed by atoms with Gasteiger partial charge in [-0.25, -0.2) is 0 Å². The average molecular weight is 288 g/mol. The zero-order valence-corrected chi connectivity index (χ0v) is 11.6. The first-order valence-corrected chi connectivity index (χ1v) is 6.01. The summed E-state index contributed by atoms with van der Waals surface area (Å²) in [6.07, 6.45) is -0.694. The van der Waals surface area contributed by atoms with Crippen molar-refractivity contribution in [2.75, 3.05) is 13.6 Å². The molecule has 4 heteroatoms. The maximum atomic E-state index is 10.1. The fraction of sp³-hybridized carbons (Fsp3) is 0.500. The average Bonchev–Trinajstić information content (AvgIpc) is 2.24. The number of likely N-dealkylation sites (N-methyl/N-ethyl adjacent to an activating group) is 1. The number of hydrogen-bond donors (Lipinski definition) is 3. The molecule has 1 aromatic carbocycles. The summed E-state index contributed by atoms with van der Waals surface area (Å²) >= 11 is 3.49. The molecule has 1 unspecified atom stereocenters. The summed E-state index contributed by atoms with van der Waals surface area (Å²) < 4.78 is 0.952. The van der Waals surface area contributed by atoms with Gasteiger partial charge in [-0.3, -0.25) is 0 Å². The Hall–Kier alpha value is -0.580. The van der Waals surface area contributed by atoms with Crippen LogP contribution >= 0.6 is 15.9 Å². The van der Waals surface area contributed by atoms with Gasteiger partial charge in [0.2, 0.25) is 0 Å². The van der Waals surface area contributed by atoms with Gasteiger partial charge < -0.3 is 15.5 Å². The molecular weight excluding hydrogens is 270 g/mol. The first kappa shape index (κ1) is 13.5. The van der Waals surface area contributed by atoms with Crippen molar-refractivity contribution in [3.63, 3.8) is 0 Å². The quantitative estimate of drug-likeness (QED) is 0.800. The first-order chi connectivity index (χ1) is 7.41. The lowest BCUT2D eigenvalue weighted by atomic mass is 9.95. The molecule has 0 radical (unpaired) electrons. The molecule has 0 aliphatic carbocycles. The number of benzene rings is 1. The van der Waals surface area contributed by atoms with E-state index in [2.05, 4.69) is 21.2 Å². The van der Waals surface area contributed by atoms with Crippen LogP contribution in [0.4, 0.5) is 0 Å². The molecular formula is C12H18BrNO2. The molecule has 3 nitrogen and oxygen atoms in total. The summed E-state index contributed by atoms with van der Waals surface area (Å²) in [6.45, 7) is 6.11. The van der Waals surface area contributed by atoms with Gasteiger partial charge in [0, 0.05) is 16.6 Å². The zero-order chi connectivity index (χ0) is 12.5. The van der Waals surface area contributed by atoms with Gasteiger partial charge in [0.25, 0.3) is 0 Å². The normalized spacial score (nSPS) is 12.9. The first-order valence-electron chi connectivity index (χ1n) is 5.22. The van der Waals surface area contributed by atoms with Gasteiger partial charge in [0.05, 0.1) is 6.10 Å². The summed E-state index contributed by atoms with van der Waals surface area (Å²) in [7, 11) is 1.77. The molecule has 0 aliphatic rings. The maximum Gasteiger partial charge on any atom is 0.124 e. The second kappa shape index (κ2) is 5.17. The summed E-state index contributed by atoms with van der Waals surface area (Å²) in [4.78, 5) is 0. The van der Waals surface area contributed by atoms with Crippen LogP contribution in [0.1, 0.15) is 28.4 Å². The Bertz CT molecular complexity index is 375. The van der Waals surface area contributed by atoms with Crippen LogP contribution in [0.3, 0.4) is 0 Å². The Morgan fingerprint density at radius 3 is 2.25 bits per heavy atom. The van der Waals surface area contributed by atoms with E-state index in [0.29, 0.717) is 12.1 Å². The molecule has 0 aromatic heterocycles. The van der Waals surface area contributed by atoms with Crippen LogP contribution in [-0.4, -0.2) is 23.8 Å². The highest BCUT2D eigenvalue weighted by Gasteiger charge is 2.20. The maximum absolute atomic E-state index is 10.1. The van der Waals surface area contributed by atoms with Crippen molar-refractivity contribution >= 4 is 15.9 Å². The molecule has 16 heavy (non-hydrogen) atoms. The number of halogens is 1. The SMILES string of the molecule is CNCC(O)c1c(C)c(Br)c(C)c(C)c1O. The Morgan fingerprint density at radius 1 is 1.19 bits per heavy atom. The van der Waals surface area contributed by atoms with E-state index >= 15 is 0 Å². The fourth-order valence-electron chi connectivity index (χ4n) is 1.82. The second-order valence-corrected chi connectivity index (χ2v) is 4.82. The lowest BCUT2D eigenvalue weighted by Gasteiger charge is -2.20. The number of phenols is 1. The third-order valence-corrected chi connectivity index (χ3v) is 4.16. The molecule has 3 N–H and O–H groups in total. The number of aliphatic hydroxyl groups is 1. The van der Waals surface area contributed by atoms with Crippen LogP contribution in [0.5, 0.6) is 5.75 Å². The van der Waals surface area contributed by atoms with Crippen molar-refractivity contribution in [1.29, 1.82) is 0 Å². The third kappa shape index (κ3) is 2.24. The number of nitrogens with one attached hydrogen (secondary N) is 1. The van der Waals surface area contributed by atoms with E-state index in [1.807, 2.05) is 20.8 Å². The molecule has 0 heterocycles. The number of rotatable bonds is 3. The number of hydrogen-bond acceptors (Lipinski definition) is 3.